The Bertz CT molecular complexity index is 1130. The van der Waals surface area contributed by atoms with E-state index in [1.54, 1.807) is 4.90 Å². The van der Waals surface area contributed by atoms with Crippen LogP contribution >= 0.6 is 0 Å². The van der Waals surface area contributed by atoms with E-state index in [4.69, 9.17) is 0 Å². The van der Waals surface area contributed by atoms with Crippen molar-refractivity contribution >= 4 is 16.9 Å². The second kappa shape index (κ2) is 7.24. The number of aryl methyl sites for hydroxylation is 1. The van der Waals surface area contributed by atoms with Gasteiger partial charge in [0.15, 0.2) is 0 Å². The van der Waals surface area contributed by atoms with Gasteiger partial charge in [-0.15, -0.1) is 0 Å². The molecular formula is C20H23F3N4O3. The smallest absolute Gasteiger partial charge is 0.334 e. The van der Waals surface area contributed by atoms with Crippen molar-refractivity contribution in [3.63, 3.8) is 0 Å². The molecule has 1 saturated carbocycles. The van der Waals surface area contributed by atoms with Crippen molar-refractivity contribution in [2.45, 2.75) is 50.7 Å². The SMILES string of the molecule is Cn1c(=O)c2c(C(F)(F)F)cc(C3CCCN3C(=O)C3CCCC3)nc2n(C)c1=O. The monoisotopic (exact) mass is 424 g/mol. The highest BCUT2D eigenvalue weighted by Crippen LogP contribution is 2.39. The van der Waals surface area contributed by atoms with Gasteiger partial charge in [0, 0.05) is 26.6 Å². The zero-order valence-corrected chi connectivity index (χ0v) is 16.8. The Morgan fingerprint density at radius 1 is 1.07 bits per heavy atom. The number of rotatable bonds is 2. The molecule has 7 nitrogen and oxygen atoms in total. The number of amides is 1. The molecule has 1 amide bonds. The van der Waals surface area contributed by atoms with E-state index in [9.17, 15) is 27.6 Å². The van der Waals surface area contributed by atoms with E-state index >= 15 is 0 Å². The molecule has 1 unspecified atom stereocenters. The lowest BCUT2D eigenvalue weighted by Crippen LogP contribution is -2.39. The van der Waals surface area contributed by atoms with Crippen molar-refractivity contribution in [3.8, 4) is 0 Å². The van der Waals surface area contributed by atoms with Crippen molar-refractivity contribution in [2.24, 2.45) is 20.0 Å². The van der Waals surface area contributed by atoms with Gasteiger partial charge in [-0.2, -0.15) is 13.2 Å². The zero-order chi connectivity index (χ0) is 21.8. The van der Waals surface area contributed by atoms with E-state index in [2.05, 4.69) is 4.98 Å². The predicted octanol–water partition coefficient (Wildman–Crippen LogP) is 2.50. The van der Waals surface area contributed by atoms with Crippen LogP contribution in [0.1, 0.15) is 55.8 Å². The summed E-state index contributed by atoms with van der Waals surface area (Å²) in [6.07, 6.45) is -0.0955. The van der Waals surface area contributed by atoms with Crippen LogP contribution in [0.25, 0.3) is 11.0 Å². The summed E-state index contributed by atoms with van der Waals surface area (Å²) in [5.41, 5.74) is -3.16. The largest absolute Gasteiger partial charge is 0.417 e. The number of alkyl halides is 3. The summed E-state index contributed by atoms with van der Waals surface area (Å²) in [4.78, 5) is 43.7. The van der Waals surface area contributed by atoms with Gasteiger partial charge in [0.05, 0.1) is 22.7 Å². The zero-order valence-electron chi connectivity index (χ0n) is 16.8. The molecule has 2 aromatic heterocycles. The van der Waals surface area contributed by atoms with E-state index in [1.807, 2.05) is 0 Å². The van der Waals surface area contributed by atoms with Crippen molar-refractivity contribution in [2.75, 3.05) is 6.54 Å². The molecule has 2 aliphatic rings. The molecular weight excluding hydrogens is 401 g/mol. The number of hydrogen-bond donors (Lipinski definition) is 0. The molecule has 4 rings (SSSR count). The molecule has 2 aromatic rings. The van der Waals surface area contributed by atoms with Crippen molar-refractivity contribution in [1.29, 1.82) is 0 Å². The van der Waals surface area contributed by atoms with Gasteiger partial charge in [-0.1, -0.05) is 12.8 Å². The first-order valence-corrected chi connectivity index (χ1v) is 10.1. The van der Waals surface area contributed by atoms with Crippen molar-refractivity contribution in [3.05, 3.63) is 38.2 Å². The normalized spacial score (nSPS) is 20.4. The third-order valence-corrected chi connectivity index (χ3v) is 6.32. The van der Waals surface area contributed by atoms with Crippen LogP contribution in [0.15, 0.2) is 15.7 Å². The number of aromatic nitrogens is 3. The number of carbonyl (C=O) groups excluding carboxylic acids is 1. The first-order chi connectivity index (χ1) is 14.1. The van der Waals surface area contributed by atoms with Crippen LogP contribution in [-0.2, 0) is 25.1 Å². The maximum absolute atomic E-state index is 13.9. The molecule has 1 aliphatic carbocycles. The molecule has 0 N–H and O–H groups in total. The Hall–Kier alpha value is -2.65. The van der Waals surface area contributed by atoms with Gasteiger partial charge in [0.2, 0.25) is 5.91 Å². The molecule has 1 saturated heterocycles. The van der Waals surface area contributed by atoms with Crippen LogP contribution in [0.5, 0.6) is 0 Å². The maximum Gasteiger partial charge on any atom is 0.417 e. The third-order valence-electron chi connectivity index (χ3n) is 6.32. The standard InChI is InChI=1S/C20H23F3N4O3/c1-25-16-15(18(29)26(2)19(25)30)12(20(21,22)23)10-13(24-16)14-8-5-9-27(14)17(28)11-6-3-4-7-11/h10-11,14H,3-9H2,1-2H3. The molecule has 1 aliphatic heterocycles. The second-order valence-electron chi connectivity index (χ2n) is 8.17. The van der Waals surface area contributed by atoms with Gasteiger partial charge >= 0.3 is 11.9 Å². The summed E-state index contributed by atoms with van der Waals surface area (Å²) in [5.74, 6) is -0.131. The highest BCUT2D eigenvalue weighted by atomic mass is 19.4. The van der Waals surface area contributed by atoms with Gasteiger partial charge in [0.25, 0.3) is 5.56 Å². The number of hydrogen-bond acceptors (Lipinski definition) is 4. The van der Waals surface area contributed by atoms with Gasteiger partial charge in [0.1, 0.15) is 5.65 Å². The number of carbonyl (C=O) groups is 1. The van der Waals surface area contributed by atoms with Crippen molar-refractivity contribution in [1.82, 2.24) is 19.0 Å². The second-order valence-corrected chi connectivity index (χ2v) is 8.17. The molecule has 2 fully saturated rings. The van der Waals surface area contributed by atoms with E-state index in [0.717, 1.165) is 43.4 Å². The van der Waals surface area contributed by atoms with Crippen molar-refractivity contribution < 1.29 is 18.0 Å². The topological polar surface area (TPSA) is 77.2 Å². The van der Waals surface area contributed by atoms with E-state index < -0.39 is 34.4 Å². The lowest BCUT2D eigenvalue weighted by atomic mass is 10.0. The lowest BCUT2D eigenvalue weighted by molar-refractivity contribution is -0.136. The number of likely N-dealkylation sites (tertiary alicyclic amines) is 1. The van der Waals surface area contributed by atoms with Crippen LogP contribution in [0.2, 0.25) is 0 Å². The Balaban J connectivity index is 1.90. The molecule has 1 atom stereocenters. The number of halogens is 3. The van der Waals surface area contributed by atoms with E-state index in [1.165, 1.54) is 7.05 Å². The highest BCUT2D eigenvalue weighted by molar-refractivity contribution is 5.81. The van der Waals surface area contributed by atoms with Crippen LogP contribution in [0.4, 0.5) is 13.2 Å². The summed E-state index contributed by atoms with van der Waals surface area (Å²) in [6, 6.07) is 0.279. The number of pyridine rings is 1. The summed E-state index contributed by atoms with van der Waals surface area (Å²) in [6.45, 7) is 0.469. The van der Waals surface area contributed by atoms with Gasteiger partial charge in [-0.25, -0.2) is 9.78 Å². The number of fused-ring (bicyclic) bond motifs is 1. The summed E-state index contributed by atoms with van der Waals surface area (Å²) in [7, 11) is 2.42. The Morgan fingerprint density at radius 2 is 1.73 bits per heavy atom. The third kappa shape index (κ3) is 3.22. The highest BCUT2D eigenvalue weighted by Gasteiger charge is 2.40. The van der Waals surface area contributed by atoms with E-state index in [-0.39, 0.29) is 23.2 Å². The fourth-order valence-corrected chi connectivity index (χ4v) is 4.71. The van der Waals surface area contributed by atoms with Crippen LogP contribution in [-0.4, -0.2) is 31.5 Å². The Morgan fingerprint density at radius 3 is 2.37 bits per heavy atom. The molecule has 0 bridgehead atoms. The molecule has 0 spiro atoms. The minimum atomic E-state index is -4.81. The average Bonchev–Trinajstić information content (AvgIpc) is 3.40. The van der Waals surface area contributed by atoms with Crippen LogP contribution in [0.3, 0.4) is 0 Å². The van der Waals surface area contributed by atoms with Gasteiger partial charge in [-0.3, -0.25) is 18.7 Å². The first kappa shape index (κ1) is 20.6. The fraction of sp³-hybridized carbons (Fsp3) is 0.600. The Labute approximate surface area is 170 Å². The minimum absolute atomic E-state index is 0.0386. The Kier molecular flexibility index (Phi) is 4.98. The molecule has 162 valence electrons. The van der Waals surface area contributed by atoms with E-state index in [0.29, 0.717) is 24.0 Å². The molecule has 0 radical (unpaired) electrons. The lowest BCUT2D eigenvalue weighted by Gasteiger charge is -2.28. The molecule has 3 heterocycles. The predicted molar refractivity (Wildman–Crippen MR) is 103 cm³/mol. The summed E-state index contributed by atoms with van der Waals surface area (Å²) < 4.78 is 43.3. The summed E-state index contributed by atoms with van der Waals surface area (Å²) >= 11 is 0. The maximum atomic E-state index is 13.9. The van der Waals surface area contributed by atoms with Gasteiger partial charge in [-0.05, 0) is 31.7 Å². The molecule has 0 aromatic carbocycles. The summed E-state index contributed by atoms with van der Waals surface area (Å²) in [5, 5.41) is -0.637. The van der Waals surface area contributed by atoms with Gasteiger partial charge < -0.3 is 4.90 Å². The first-order valence-electron chi connectivity index (χ1n) is 10.1. The minimum Gasteiger partial charge on any atom is -0.334 e. The average molecular weight is 424 g/mol. The van der Waals surface area contributed by atoms with Crippen LogP contribution < -0.4 is 11.2 Å². The quantitative estimate of drug-likeness (QED) is 0.742. The molecule has 10 heteroatoms. The molecule has 30 heavy (non-hydrogen) atoms. The number of nitrogens with zero attached hydrogens (tertiary/aromatic N) is 4. The fourth-order valence-electron chi connectivity index (χ4n) is 4.71. The van der Waals surface area contributed by atoms with Crippen LogP contribution in [0, 0.1) is 5.92 Å².